The molecule has 0 bridgehead atoms. The minimum Gasteiger partial charge on any atom is -0.496 e. The molecule has 0 aliphatic carbocycles. The SMILES string of the molecule is COc1cc(C)c(S(=O)(=O)N(C)[C@@H](C)C(=O)O)cc1C. The van der Waals surface area contributed by atoms with Crippen LogP contribution in [0.4, 0.5) is 0 Å². The fraction of sp³-hybridized carbons (Fsp3) is 0.462. The lowest BCUT2D eigenvalue weighted by Gasteiger charge is -2.22. The summed E-state index contributed by atoms with van der Waals surface area (Å²) < 4.78 is 30.9. The number of rotatable bonds is 5. The zero-order valence-corrected chi connectivity index (χ0v) is 13.0. The average molecular weight is 301 g/mol. The van der Waals surface area contributed by atoms with Gasteiger partial charge in [0, 0.05) is 7.05 Å². The van der Waals surface area contributed by atoms with E-state index in [0.29, 0.717) is 16.9 Å². The van der Waals surface area contributed by atoms with Crippen molar-refractivity contribution in [3.05, 3.63) is 23.3 Å². The Kier molecular flexibility index (Phi) is 4.77. The molecule has 0 aliphatic heterocycles. The number of benzene rings is 1. The maximum atomic E-state index is 12.5. The first-order valence-corrected chi connectivity index (χ1v) is 7.43. The fourth-order valence-electron chi connectivity index (χ4n) is 1.78. The number of ether oxygens (including phenoxy) is 1. The summed E-state index contributed by atoms with van der Waals surface area (Å²) in [4.78, 5) is 11.0. The van der Waals surface area contributed by atoms with Crippen LogP contribution in [0.2, 0.25) is 0 Å². The second kappa shape index (κ2) is 5.80. The van der Waals surface area contributed by atoms with Gasteiger partial charge in [0.25, 0.3) is 0 Å². The van der Waals surface area contributed by atoms with Gasteiger partial charge in [0.05, 0.1) is 12.0 Å². The van der Waals surface area contributed by atoms with Crippen LogP contribution in [0, 0.1) is 13.8 Å². The van der Waals surface area contributed by atoms with Crippen molar-refractivity contribution in [3.63, 3.8) is 0 Å². The maximum absolute atomic E-state index is 12.5. The first kappa shape index (κ1) is 16.5. The number of sulfonamides is 1. The Labute approximate surface area is 119 Å². The molecule has 20 heavy (non-hydrogen) atoms. The number of carboxylic acids is 1. The molecule has 0 aromatic heterocycles. The van der Waals surface area contributed by atoms with E-state index in [1.165, 1.54) is 27.1 Å². The van der Waals surface area contributed by atoms with Crippen LogP contribution < -0.4 is 4.74 Å². The van der Waals surface area contributed by atoms with Crippen molar-refractivity contribution in [2.45, 2.75) is 31.7 Å². The normalized spacial score (nSPS) is 13.3. The van der Waals surface area contributed by atoms with Crippen molar-refractivity contribution >= 4 is 16.0 Å². The van der Waals surface area contributed by atoms with E-state index in [9.17, 15) is 13.2 Å². The molecule has 1 aromatic rings. The van der Waals surface area contributed by atoms with Crippen LogP contribution in [-0.2, 0) is 14.8 Å². The maximum Gasteiger partial charge on any atom is 0.321 e. The van der Waals surface area contributed by atoms with Crippen LogP contribution in [0.1, 0.15) is 18.1 Å². The molecule has 1 rings (SSSR count). The summed E-state index contributed by atoms with van der Waals surface area (Å²) in [6.45, 7) is 4.71. The van der Waals surface area contributed by atoms with Crippen LogP contribution in [0.15, 0.2) is 17.0 Å². The van der Waals surface area contributed by atoms with Crippen molar-refractivity contribution in [3.8, 4) is 5.75 Å². The molecule has 1 N–H and O–H groups in total. The molecular weight excluding hydrogens is 282 g/mol. The Hall–Kier alpha value is -1.60. The van der Waals surface area contributed by atoms with Gasteiger partial charge in [-0.3, -0.25) is 4.79 Å². The highest BCUT2D eigenvalue weighted by molar-refractivity contribution is 7.89. The van der Waals surface area contributed by atoms with Gasteiger partial charge in [-0.15, -0.1) is 0 Å². The molecule has 7 heteroatoms. The molecule has 112 valence electrons. The highest BCUT2D eigenvalue weighted by atomic mass is 32.2. The van der Waals surface area contributed by atoms with Gasteiger partial charge in [-0.05, 0) is 44.0 Å². The number of carbonyl (C=O) groups is 1. The third-order valence-electron chi connectivity index (χ3n) is 3.25. The van der Waals surface area contributed by atoms with Crippen LogP contribution in [-0.4, -0.2) is 44.0 Å². The van der Waals surface area contributed by atoms with Crippen LogP contribution in [0.25, 0.3) is 0 Å². The van der Waals surface area contributed by atoms with E-state index in [2.05, 4.69) is 0 Å². The summed E-state index contributed by atoms with van der Waals surface area (Å²) in [6, 6.07) is 1.98. The monoisotopic (exact) mass is 301 g/mol. The standard InChI is InChI=1S/C13H19NO5S/c1-8-7-12(9(2)6-11(8)19-5)20(17,18)14(4)10(3)13(15)16/h6-7,10H,1-5H3,(H,15,16)/t10-/m0/s1. The minimum atomic E-state index is -3.86. The summed E-state index contributed by atoms with van der Waals surface area (Å²) in [5.41, 5.74) is 1.19. The van der Waals surface area contributed by atoms with Gasteiger partial charge >= 0.3 is 5.97 Å². The van der Waals surface area contributed by atoms with Gasteiger partial charge in [0.2, 0.25) is 10.0 Å². The molecule has 0 amide bonds. The van der Waals surface area contributed by atoms with Crippen LogP contribution >= 0.6 is 0 Å². The number of aryl methyl sites for hydroxylation is 2. The Morgan fingerprint density at radius 3 is 2.30 bits per heavy atom. The Morgan fingerprint density at radius 2 is 1.85 bits per heavy atom. The fourth-order valence-corrected chi connectivity index (χ4v) is 3.39. The summed E-state index contributed by atoms with van der Waals surface area (Å²) in [5.74, 6) is -0.602. The third kappa shape index (κ3) is 2.94. The van der Waals surface area contributed by atoms with Crippen molar-refractivity contribution in [2.75, 3.05) is 14.2 Å². The van der Waals surface area contributed by atoms with Gasteiger partial charge in [0.15, 0.2) is 0 Å². The molecule has 0 spiro atoms. The molecule has 0 saturated carbocycles. The van der Waals surface area contributed by atoms with Gasteiger partial charge < -0.3 is 9.84 Å². The highest BCUT2D eigenvalue weighted by Crippen LogP contribution is 2.27. The molecule has 1 atom stereocenters. The first-order chi connectivity index (χ1) is 9.12. The predicted octanol–water partition coefficient (Wildman–Crippen LogP) is 1.41. The zero-order chi connectivity index (χ0) is 15.7. The van der Waals surface area contributed by atoms with Gasteiger partial charge in [-0.25, -0.2) is 8.42 Å². The number of carboxylic acid groups (broad SMARTS) is 1. The van der Waals surface area contributed by atoms with Crippen LogP contribution in [0.5, 0.6) is 5.75 Å². The van der Waals surface area contributed by atoms with Crippen molar-refractivity contribution in [2.24, 2.45) is 0 Å². The molecule has 6 nitrogen and oxygen atoms in total. The second-order valence-electron chi connectivity index (χ2n) is 4.62. The first-order valence-electron chi connectivity index (χ1n) is 5.99. The summed E-state index contributed by atoms with van der Waals surface area (Å²) in [5, 5.41) is 8.94. The van der Waals surface area contributed by atoms with Crippen molar-refractivity contribution in [1.82, 2.24) is 4.31 Å². The van der Waals surface area contributed by atoms with E-state index < -0.39 is 22.0 Å². The number of methoxy groups -OCH3 is 1. The Bertz CT molecular complexity index is 624. The molecule has 0 fully saturated rings. The summed E-state index contributed by atoms with van der Waals surface area (Å²) in [7, 11) is -1.10. The van der Waals surface area contributed by atoms with E-state index in [4.69, 9.17) is 9.84 Å². The molecular formula is C13H19NO5S. The molecule has 0 heterocycles. The third-order valence-corrected chi connectivity index (χ3v) is 5.32. The Morgan fingerprint density at radius 1 is 1.30 bits per heavy atom. The van der Waals surface area contributed by atoms with Crippen LogP contribution in [0.3, 0.4) is 0 Å². The van der Waals surface area contributed by atoms with Crippen molar-refractivity contribution < 1.29 is 23.1 Å². The predicted molar refractivity (Wildman–Crippen MR) is 74.5 cm³/mol. The molecule has 0 aliphatic rings. The van der Waals surface area contributed by atoms with E-state index in [1.807, 2.05) is 0 Å². The van der Waals surface area contributed by atoms with E-state index >= 15 is 0 Å². The number of hydrogen-bond donors (Lipinski definition) is 1. The lowest BCUT2D eigenvalue weighted by Crippen LogP contribution is -2.40. The smallest absolute Gasteiger partial charge is 0.321 e. The molecule has 0 radical (unpaired) electrons. The van der Waals surface area contributed by atoms with Gasteiger partial charge in [-0.1, -0.05) is 0 Å². The quantitative estimate of drug-likeness (QED) is 0.889. The lowest BCUT2D eigenvalue weighted by atomic mass is 10.1. The van der Waals surface area contributed by atoms with E-state index in [0.717, 1.165) is 4.31 Å². The summed E-state index contributed by atoms with van der Waals surface area (Å²) >= 11 is 0. The van der Waals surface area contributed by atoms with E-state index in [1.54, 1.807) is 19.9 Å². The molecule has 0 saturated heterocycles. The number of nitrogens with zero attached hydrogens (tertiary/aromatic N) is 1. The zero-order valence-electron chi connectivity index (χ0n) is 12.2. The average Bonchev–Trinajstić information content (AvgIpc) is 2.38. The second-order valence-corrected chi connectivity index (χ2v) is 6.59. The molecule has 1 aromatic carbocycles. The largest absolute Gasteiger partial charge is 0.496 e. The van der Waals surface area contributed by atoms with Crippen molar-refractivity contribution in [1.29, 1.82) is 0 Å². The lowest BCUT2D eigenvalue weighted by molar-refractivity contribution is -0.140. The molecule has 0 unspecified atom stereocenters. The Balaban J connectivity index is 3.36. The van der Waals surface area contributed by atoms with Gasteiger partial charge in [0.1, 0.15) is 11.8 Å². The number of aliphatic carboxylic acids is 1. The number of likely N-dealkylation sites (N-methyl/N-ethyl adjacent to an activating group) is 1. The summed E-state index contributed by atoms with van der Waals surface area (Å²) in [6.07, 6.45) is 0. The minimum absolute atomic E-state index is 0.0893. The van der Waals surface area contributed by atoms with E-state index in [-0.39, 0.29) is 4.90 Å². The highest BCUT2D eigenvalue weighted by Gasteiger charge is 2.30. The topological polar surface area (TPSA) is 83.9 Å². The van der Waals surface area contributed by atoms with Gasteiger partial charge in [-0.2, -0.15) is 4.31 Å². The number of hydrogen-bond acceptors (Lipinski definition) is 4.